The van der Waals surface area contributed by atoms with Crippen LogP contribution in [0.4, 0.5) is 4.79 Å². The number of amides is 4. The SMILES string of the molecule is CCC1CCC2(CC1)NC(=O)N(CC(=O)N1CCC[C@H]1c1nnc3n1CCCCC3)C2=O. The van der Waals surface area contributed by atoms with Crippen LogP contribution in [0.25, 0.3) is 0 Å². The van der Waals surface area contributed by atoms with Crippen LogP contribution in [-0.2, 0) is 22.6 Å². The van der Waals surface area contributed by atoms with E-state index in [4.69, 9.17) is 0 Å². The van der Waals surface area contributed by atoms with E-state index in [-0.39, 0.29) is 24.4 Å². The maximum Gasteiger partial charge on any atom is 0.325 e. The minimum Gasteiger partial charge on any atom is -0.331 e. The number of carbonyl (C=O) groups excluding carboxylic acids is 3. The lowest BCUT2D eigenvalue weighted by atomic mass is 9.75. The molecule has 0 aromatic carbocycles. The first-order valence-electron chi connectivity index (χ1n) is 12.4. The Morgan fingerprint density at radius 1 is 1.06 bits per heavy atom. The molecule has 1 aliphatic carbocycles. The number of rotatable bonds is 4. The Balaban J connectivity index is 1.29. The van der Waals surface area contributed by atoms with Gasteiger partial charge in [0.25, 0.3) is 5.91 Å². The maximum atomic E-state index is 13.3. The molecule has 0 radical (unpaired) electrons. The van der Waals surface area contributed by atoms with E-state index in [0.717, 1.165) is 74.5 Å². The number of likely N-dealkylation sites (tertiary alicyclic amines) is 1. The number of hydrogen-bond donors (Lipinski definition) is 1. The van der Waals surface area contributed by atoms with E-state index >= 15 is 0 Å². The van der Waals surface area contributed by atoms with Crippen LogP contribution in [0, 0.1) is 5.92 Å². The number of hydrogen-bond acceptors (Lipinski definition) is 5. The Kier molecular flexibility index (Phi) is 5.67. The molecule has 3 fully saturated rings. The van der Waals surface area contributed by atoms with Crippen molar-refractivity contribution in [1.29, 1.82) is 0 Å². The second kappa shape index (κ2) is 8.48. The lowest BCUT2D eigenvalue weighted by molar-refractivity contribution is -0.140. The quantitative estimate of drug-likeness (QED) is 0.723. The van der Waals surface area contributed by atoms with Gasteiger partial charge in [0.05, 0.1) is 6.04 Å². The molecule has 3 aliphatic heterocycles. The summed E-state index contributed by atoms with van der Waals surface area (Å²) in [5.41, 5.74) is -0.808. The maximum absolute atomic E-state index is 13.3. The van der Waals surface area contributed by atoms with Gasteiger partial charge in [0.2, 0.25) is 5.91 Å². The van der Waals surface area contributed by atoms with E-state index in [1.165, 1.54) is 6.42 Å². The highest BCUT2D eigenvalue weighted by atomic mass is 16.2. The summed E-state index contributed by atoms with van der Waals surface area (Å²) in [5.74, 6) is 2.08. The normalized spacial score (nSPS) is 30.5. The zero-order chi connectivity index (χ0) is 22.3. The summed E-state index contributed by atoms with van der Waals surface area (Å²) in [4.78, 5) is 42.2. The van der Waals surface area contributed by atoms with Gasteiger partial charge in [-0.2, -0.15) is 0 Å². The predicted molar refractivity (Wildman–Crippen MR) is 116 cm³/mol. The second-order valence-corrected chi connectivity index (χ2v) is 9.94. The molecular weight excluding hydrogens is 408 g/mol. The van der Waals surface area contributed by atoms with Crippen molar-refractivity contribution in [3.63, 3.8) is 0 Å². The fourth-order valence-electron chi connectivity index (χ4n) is 6.05. The van der Waals surface area contributed by atoms with Crippen molar-refractivity contribution < 1.29 is 14.4 Å². The third-order valence-electron chi connectivity index (χ3n) is 8.08. The Hall–Kier alpha value is -2.45. The molecule has 0 bridgehead atoms. The highest BCUT2D eigenvalue weighted by Crippen LogP contribution is 2.38. The third kappa shape index (κ3) is 3.59. The van der Waals surface area contributed by atoms with Crippen LogP contribution < -0.4 is 5.32 Å². The van der Waals surface area contributed by atoms with Gasteiger partial charge in [-0.05, 0) is 57.3 Å². The molecule has 4 aliphatic rings. The van der Waals surface area contributed by atoms with Gasteiger partial charge >= 0.3 is 6.03 Å². The summed E-state index contributed by atoms with van der Waals surface area (Å²) >= 11 is 0. The molecule has 1 aromatic rings. The summed E-state index contributed by atoms with van der Waals surface area (Å²) in [6.07, 6.45) is 10.4. The summed E-state index contributed by atoms with van der Waals surface area (Å²) in [6, 6.07) is -0.554. The molecule has 2 saturated heterocycles. The van der Waals surface area contributed by atoms with Crippen LogP contribution in [0.15, 0.2) is 0 Å². The van der Waals surface area contributed by atoms with Crippen molar-refractivity contribution in [1.82, 2.24) is 29.9 Å². The van der Waals surface area contributed by atoms with E-state index in [1.807, 2.05) is 4.90 Å². The molecular formula is C23H34N6O3. The largest absolute Gasteiger partial charge is 0.331 e. The van der Waals surface area contributed by atoms with Gasteiger partial charge < -0.3 is 14.8 Å². The smallest absolute Gasteiger partial charge is 0.325 e. The first kappa shape index (κ1) is 21.4. The molecule has 9 heteroatoms. The second-order valence-electron chi connectivity index (χ2n) is 9.94. The molecule has 4 amide bonds. The average Bonchev–Trinajstić information content (AvgIpc) is 3.43. The molecule has 5 rings (SSSR count). The minimum atomic E-state index is -0.808. The topological polar surface area (TPSA) is 100 Å². The van der Waals surface area contributed by atoms with E-state index in [0.29, 0.717) is 25.3 Å². The van der Waals surface area contributed by atoms with Gasteiger partial charge in [-0.25, -0.2) is 4.79 Å². The fraction of sp³-hybridized carbons (Fsp3) is 0.783. The van der Waals surface area contributed by atoms with Crippen molar-refractivity contribution >= 4 is 17.8 Å². The summed E-state index contributed by atoms with van der Waals surface area (Å²) in [7, 11) is 0. The zero-order valence-electron chi connectivity index (χ0n) is 19.0. The number of nitrogens with zero attached hydrogens (tertiary/aromatic N) is 5. The number of urea groups is 1. The van der Waals surface area contributed by atoms with E-state index < -0.39 is 11.6 Å². The lowest BCUT2D eigenvalue weighted by Crippen LogP contribution is -2.50. The van der Waals surface area contributed by atoms with Crippen LogP contribution in [0.3, 0.4) is 0 Å². The third-order valence-corrected chi connectivity index (χ3v) is 8.08. The lowest BCUT2D eigenvalue weighted by Gasteiger charge is -2.34. The van der Waals surface area contributed by atoms with E-state index in [2.05, 4.69) is 27.0 Å². The van der Waals surface area contributed by atoms with Crippen molar-refractivity contribution in [2.45, 2.75) is 95.7 Å². The van der Waals surface area contributed by atoms with Crippen LogP contribution >= 0.6 is 0 Å². The number of imide groups is 1. The van der Waals surface area contributed by atoms with E-state index in [9.17, 15) is 14.4 Å². The van der Waals surface area contributed by atoms with E-state index in [1.54, 1.807) is 0 Å². The van der Waals surface area contributed by atoms with Gasteiger partial charge in [-0.1, -0.05) is 19.8 Å². The van der Waals surface area contributed by atoms with Gasteiger partial charge in [0.1, 0.15) is 17.9 Å². The Bertz CT molecular complexity index is 904. The molecule has 1 spiro atoms. The molecule has 0 unspecified atom stereocenters. The number of aromatic nitrogens is 3. The van der Waals surface area contributed by atoms with Gasteiger partial charge in [-0.15, -0.1) is 10.2 Å². The van der Waals surface area contributed by atoms with Crippen LogP contribution in [-0.4, -0.2) is 61.0 Å². The standard InChI is InChI=1S/C23H34N6O3/c1-2-16-9-11-23(12-10-16)21(31)29(22(32)24-23)15-19(30)27-14-6-7-17(27)20-26-25-18-8-4-3-5-13-28(18)20/h16-17H,2-15H2,1H3,(H,24,32)/t16?,17-,23?/m0/s1. The molecule has 174 valence electrons. The van der Waals surface area contributed by atoms with Gasteiger partial charge in [0.15, 0.2) is 5.82 Å². The van der Waals surface area contributed by atoms with Gasteiger partial charge in [-0.3, -0.25) is 14.5 Å². The Labute approximate surface area is 188 Å². The van der Waals surface area contributed by atoms with Crippen molar-refractivity contribution in [3.05, 3.63) is 11.6 Å². The molecule has 32 heavy (non-hydrogen) atoms. The number of carbonyl (C=O) groups is 3. The zero-order valence-corrected chi connectivity index (χ0v) is 19.0. The van der Waals surface area contributed by atoms with Crippen LogP contribution in [0.5, 0.6) is 0 Å². The van der Waals surface area contributed by atoms with Crippen LogP contribution in [0.1, 0.15) is 88.8 Å². The van der Waals surface area contributed by atoms with Crippen molar-refractivity contribution in [2.24, 2.45) is 5.92 Å². The van der Waals surface area contributed by atoms with Crippen LogP contribution in [0.2, 0.25) is 0 Å². The Morgan fingerprint density at radius 2 is 1.88 bits per heavy atom. The fourth-order valence-corrected chi connectivity index (χ4v) is 6.05. The Morgan fingerprint density at radius 3 is 2.66 bits per heavy atom. The highest BCUT2D eigenvalue weighted by Gasteiger charge is 2.53. The highest BCUT2D eigenvalue weighted by molar-refractivity contribution is 6.09. The molecule has 1 saturated carbocycles. The van der Waals surface area contributed by atoms with Crippen molar-refractivity contribution in [3.8, 4) is 0 Å². The summed E-state index contributed by atoms with van der Waals surface area (Å²) in [6.45, 7) is 3.49. The molecule has 1 atom stereocenters. The monoisotopic (exact) mass is 442 g/mol. The number of fused-ring (bicyclic) bond motifs is 1. The average molecular weight is 443 g/mol. The molecule has 1 aromatic heterocycles. The summed E-state index contributed by atoms with van der Waals surface area (Å²) < 4.78 is 2.19. The van der Waals surface area contributed by atoms with Crippen molar-refractivity contribution in [2.75, 3.05) is 13.1 Å². The molecule has 9 nitrogen and oxygen atoms in total. The number of nitrogens with one attached hydrogen (secondary N) is 1. The first-order valence-corrected chi connectivity index (χ1v) is 12.4. The molecule has 4 heterocycles. The number of aryl methyl sites for hydroxylation is 1. The van der Waals surface area contributed by atoms with Gasteiger partial charge in [0, 0.05) is 19.5 Å². The summed E-state index contributed by atoms with van der Waals surface area (Å²) in [5, 5.41) is 11.8. The molecule has 1 N–H and O–H groups in total. The minimum absolute atomic E-state index is 0.128. The first-order chi connectivity index (χ1) is 15.5. The predicted octanol–water partition coefficient (Wildman–Crippen LogP) is 2.56.